The van der Waals surface area contributed by atoms with Crippen LogP contribution in [0.15, 0.2) is 90.5 Å². The van der Waals surface area contributed by atoms with E-state index >= 15 is 0 Å². The maximum atomic E-state index is 11.5. The number of alkyl halides is 2. The van der Waals surface area contributed by atoms with E-state index in [4.69, 9.17) is 15.2 Å². The van der Waals surface area contributed by atoms with Crippen LogP contribution in [-0.2, 0) is 19.1 Å². The van der Waals surface area contributed by atoms with E-state index in [2.05, 4.69) is 55.6 Å². The lowest BCUT2D eigenvalue weighted by Crippen LogP contribution is -2.36. The molecule has 0 bridgehead atoms. The largest absolute Gasteiger partial charge is 0.465 e. The molecule has 8 heteroatoms. The van der Waals surface area contributed by atoms with Gasteiger partial charge in [0.25, 0.3) is 0 Å². The molecule has 1 aliphatic carbocycles. The lowest BCUT2D eigenvalue weighted by molar-refractivity contribution is -0.146. The lowest BCUT2D eigenvalue weighted by atomic mass is 10.0. The minimum Gasteiger partial charge on any atom is -0.465 e. The van der Waals surface area contributed by atoms with Crippen LogP contribution in [-0.4, -0.2) is 53.6 Å². The number of esters is 2. The monoisotopic (exact) mass is 634 g/mol. The molecule has 2 N–H and O–H groups in total. The average Bonchev–Trinajstić information content (AvgIpc) is 3.61. The molecule has 2 unspecified atom stereocenters. The number of hydrogen-bond acceptors (Lipinski definition) is 6. The molecule has 1 saturated carbocycles. The number of nitrogens with two attached hydrogens (primary N) is 1. The van der Waals surface area contributed by atoms with Gasteiger partial charge in [-0.2, -0.15) is 0 Å². The summed E-state index contributed by atoms with van der Waals surface area (Å²) in [5, 5.41) is 1.91. The normalized spacial score (nSPS) is 17.3. The molecule has 0 aromatic heterocycles. The van der Waals surface area contributed by atoms with E-state index in [1.165, 1.54) is 0 Å². The molecule has 0 heterocycles. The number of hydrogen-bond donors (Lipinski definition) is 1. The van der Waals surface area contributed by atoms with Crippen LogP contribution in [0.4, 0.5) is 0 Å². The van der Waals surface area contributed by atoms with Gasteiger partial charge >= 0.3 is 11.9 Å². The van der Waals surface area contributed by atoms with Crippen molar-refractivity contribution in [2.24, 2.45) is 16.6 Å². The first-order valence-electron chi connectivity index (χ1n) is 12.0. The van der Waals surface area contributed by atoms with Crippen molar-refractivity contribution in [1.82, 2.24) is 0 Å². The summed E-state index contributed by atoms with van der Waals surface area (Å²) >= 11 is 6.49. The van der Waals surface area contributed by atoms with Crippen LogP contribution in [0.2, 0.25) is 0 Å². The van der Waals surface area contributed by atoms with E-state index < -0.39 is 5.54 Å². The van der Waals surface area contributed by atoms with E-state index in [0.29, 0.717) is 19.6 Å². The quantitative estimate of drug-likeness (QED) is 0.153. The van der Waals surface area contributed by atoms with E-state index in [-0.39, 0.29) is 24.4 Å². The van der Waals surface area contributed by atoms with Crippen molar-refractivity contribution in [2.75, 3.05) is 30.4 Å². The number of halogens is 2. The molecule has 1 aliphatic rings. The minimum absolute atomic E-state index is 0.0347. The third-order valence-electron chi connectivity index (χ3n) is 5.11. The number of benzene rings is 2. The molecule has 2 atom stereocenters. The number of carbonyl (C=O) groups is 2. The van der Waals surface area contributed by atoms with E-state index in [1.807, 2.05) is 60.7 Å². The van der Waals surface area contributed by atoms with Crippen LogP contribution in [0.25, 0.3) is 0 Å². The molecule has 1 fully saturated rings. The highest BCUT2D eigenvalue weighted by Gasteiger charge is 2.56. The van der Waals surface area contributed by atoms with Crippen LogP contribution in [0.1, 0.15) is 31.4 Å². The number of rotatable bonds is 10. The van der Waals surface area contributed by atoms with Gasteiger partial charge in [-0.1, -0.05) is 111 Å². The SMILES string of the molecule is BrCC=CCBr.C=CC1CC1(N)C(=O)OCC.CCOC(=O)CN=C(c1ccccc1)c1ccccc1. The van der Waals surface area contributed by atoms with Gasteiger partial charge < -0.3 is 15.2 Å². The Kier molecular flexibility index (Phi) is 16.4. The van der Waals surface area contributed by atoms with Gasteiger partial charge in [0, 0.05) is 27.7 Å². The summed E-state index contributed by atoms with van der Waals surface area (Å²) in [6, 6.07) is 19.7. The molecular formula is C29H36Br2N2O4. The molecule has 0 radical (unpaired) electrons. The van der Waals surface area contributed by atoms with Gasteiger partial charge in [0.15, 0.2) is 0 Å². The molecule has 6 nitrogen and oxygen atoms in total. The van der Waals surface area contributed by atoms with Gasteiger partial charge in [0.1, 0.15) is 12.1 Å². The molecule has 0 saturated heterocycles. The summed E-state index contributed by atoms with van der Waals surface area (Å²) in [4.78, 5) is 27.0. The van der Waals surface area contributed by atoms with Crippen LogP contribution in [0, 0.1) is 5.92 Å². The van der Waals surface area contributed by atoms with Gasteiger partial charge in [-0.3, -0.25) is 14.6 Å². The standard InChI is InChI=1S/C17H17NO2.C8H13NO2.C4H6Br2/c1-2-20-16(19)13-18-17(14-9-5-3-6-10-14)15-11-7-4-8-12-15;1-3-6-5-8(6,9)7(10)11-4-2;5-3-1-2-4-6/h3-12H,2,13H2,1H3;3,6H,1,4-5,9H2,2H3;1-2H,3-4H2. The highest BCUT2D eigenvalue weighted by Crippen LogP contribution is 2.42. The topological polar surface area (TPSA) is 91.0 Å². The smallest absolute Gasteiger partial charge is 0.327 e. The number of nitrogens with zero attached hydrogens (tertiary/aromatic N) is 1. The summed E-state index contributed by atoms with van der Waals surface area (Å²) in [6.45, 7) is 7.93. The predicted octanol–water partition coefficient (Wildman–Crippen LogP) is 5.87. The Balaban J connectivity index is 0.000000337. The number of allylic oxidation sites excluding steroid dienone is 2. The molecule has 0 aliphatic heterocycles. The van der Waals surface area contributed by atoms with Crippen molar-refractivity contribution >= 4 is 49.5 Å². The van der Waals surface area contributed by atoms with Crippen molar-refractivity contribution in [3.8, 4) is 0 Å². The fourth-order valence-corrected chi connectivity index (χ4v) is 3.64. The highest BCUT2D eigenvalue weighted by atomic mass is 79.9. The van der Waals surface area contributed by atoms with E-state index in [9.17, 15) is 9.59 Å². The zero-order valence-corrected chi connectivity index (χ0v) is 24.6. The zero-order valence-electron chi connectivity index (χ0n) is 21.4. The van der Waals surface area contributed by atoms with Gasteiger partial charge in [-0.15, -0.1) is 6.58 Å². The molecule has 3 rings (SSSR count). The maximum Gasteiger partial charge on any atom is 0.327 e. The molecule has 0 spiro atoms. The molecule has 200 valence electrons. The fourth-order valence-electron chi connectivity index (χ4n) is 3.12. The van der Waals surface area contributed by atoms with Crippen LogP contribution in [0.3, 0.4) is 0 Å². The number of carbonyl (C=O) groups excluding carboxylic acids is 2. The first-order valence-corrected chi connectivity index (χ1v) is 14.3. The number of aliphatic imine (C=N–C) groups is 1. The first kappa shape index (κ1) is 32.5. The Morgan fingerprint density at radius 3 is 1.84 bits per heavy atom. The summed E-state index contributed by atoms with van der Waals surface area (Å²) in [5.41, 5.74) is 7.72. The molecule has 0 amide bonds. The molecule has 37 heavy (non-hydrogen) atoms. The Morgan fingerprint density at radius 2 is 1.46 bits per heavy atom. The van der Waals surface area contributed by atoms with E-state index in [1.54, 1.807) is 19.9 Å². The summed E-state index contributed by atoms with van der Waals surface area (Å²) < 4.78 is 9.71. The second kappa shape index (κ2) is 18.7. The van der Waals surface area contributed by atoms with Crippen molar-refractivity contribution in [1.29, 1.82) is 0 Å². The third-order valence-corrected chi connectivity index (χ3v) is 5.86. The maximum absolute atomic E-state index is 11.5. The van der Waals surface area contributed by atoms with Crippen molar-refractivity contribution in [3.05, 3.63) is 96.6 Å². The summed E-state index contributed by atoms with van der Waals surface area (Å²) in [5.74, 6) is -0.497. The van der Waals surface area contributed by atoms with E-state index in [0.717, 1.165) is 27.5 Å². The molecule has 2 aromatic rings. The first-order chi connectivity index (χ1) is 17.9. The molecule has 2 aromatic carbocycles. The Hall–Kier alpha value is -2.55. The minimum atomic E-state index is -0.752. The van der Waals surface area contributed by atoms with Crippen LogP contribution in [0.5, 0.6) is 0 Å². The van der Waals surface area contributed by atoms with Crippen LogP contribution < -0.4 is 5.73 Å². The number of ether oxygens (including phenoxy) is 2. The average molecular weight is 636 g/mol. The second-order valence-electron chi connectivity index (χ2n) is 7.79. The van der Waals surface area contributed by atoms with Gasteiger partial charge in [0.2, 0.25) is 0 Å². The predicted molar refractivity (Wildman–Crippen MR) is 159 cm³/mol. The summed E-state index contributed by atoms with van der Waals surface area (Å²) in [6.07, 6.45) is 6.48. The van der Waals surface area contributed by atoms with Crippen LogP contribution >= 0.6 is 31.9 Å². The Morgan fingerprint density at radius 1 is 0.973 bits per heavy atom. The Labute approximate surface area is 237 Å². The summed E-state index contributed by atoms with van der Waals surface area (Å²) in [7, 11) is 0. The third kappa shape index (κ3) is 12.0. The zero-order chi connectivity index (χ0) is 27.5. The van der Waals surface area contributed by atoms with Crippen molar-refractivity contribution in [2.45, 2.75) is 25.8 Å². The van der Waals surface area contributed by atoms with Crippen molar-refractivity contribution in [3.63, 3.8) is 0 Å². The fraction of sp³-hybridized carbons (Fsp3) is 0.345. The van der Waals surface area contributed by atoms with Crippen molar-refractivity contribution < 1.29 is 19.1 Å². The van der Waals surface area contributed by atoms with Gasteiger partial charge in [0.05, 0.1) is 18.9 Å². The second-order valence-corrected chi connectivity index (χ2v) is 9.08. The highest BCUT2D eigenvalue weighted by molar-refractivity contribution is 9.09. The lowest BCUT2D eigenvalue weighted by Gasteiger charge is -2.07. The Bertz CT molecular complexity index is 966. The molecular weight excluding hydrogens is 600 g/mol. The van der Waals surface area contributed by atoms with Gasteiger partial charge in [-0.05, 0) is 20.3 Å². The van der Waals surface area contributed by atoms with Gasteiger partial charge in [-0.25, -0.2) is 0 Å².